The van der Waals surface area contributed by atoms with E-state index in [0.717, 1.165) is 58.4 Å². The lowest BCUT2D eigenvalue weighted by Gasteiger charge is -2.18. The number of fused-ring (bicyclic) bond motifs is 1. The van der Waals surface area contributed by atoms with Crippen LogP contribution in [0.15, 0.2) is 24.4 Å². The van der Waals surface area contributed by atoms with Gasteiger partial charge in [0, 0.05) is 11.9 Å². The third kappa shape index (κ3) is 4.01. The lowest BCUT2D eigenvalue weighted by molar-refractivity contribution is 0.223. The zero-order valence-corrected chi connectivity index (χ0v) is 18.5. The number of aromatic nitrogens is 3. The van der Waals surface area contributed by atoms with Crippen molar-refractivity contribution >= 4 is 11.0 Å². The van der Waals surface area contributed by atoms with Crippen LogP contribution in [0.4, 0.5) is 0 Å². The number of ether oxygens (including phenoxy) is 1. The van der Waals surface area contributed by atoms with Crippen LogP contribution in [0, 0.1) is 6.92 Å². The van der Waals surface area contributed by atoms with Gasteiger partial charge in [-0.25, -0.2) is 9.97 Å². The van der Waals surface area contributed by atoms with E-state index in [9.17, 15) is 5.11 Å². The molecule has 5 nitrogen and oxygen atoms in total. The van der Waals surface area contributed by atoms with E-state index in [4.69, 9.17) is 14.7 Å². The van der Waals surface area contributed by atoms with Gasteiger partial charge in [-0.1, -0.05) is 34.1 Å². The predicted molar refractivity (Wildman–Crippen MR) is 119 cm³/mol. The van der Waals surface area contributed by atoms with Crippen molar-refractivity contribution in [3.8, 4) is 17.1 Å². The molecule has 1 N–H and O–H groups in total. The largest absolute Gasteiger partial charge is 0.480 e. The molecule has 156 valence electrons. The number of pyridine rings is 2. The molecule has 0 amide bonds. The van der Waals surface area contributed by atoms with Crippen molar-refractivity contribution in [3.05, 3.63) is 41.2 Å². The number of aryl methyl sites for hydroxylation is 2. The van der Waals surface area contributed by atoms with Gasteiger partial charge in [-0.15, -0.1) is 0 Å². The Kier molecular flexibility index (Phi) is 6.58. The second-order valence-electron chi connectivity index (χ2n) is 8.01. The first-order valence-corrected chi connectivity index (χ1v) is 10.6. The van der Waals surface area contributed by atoms with Crippen molar-refractivity contribution in [3.63, 3.8) is 0 Å². The summed E-state index contributed by atoms with van der Waals surface area (Å²) >= 11 is 0. The van der Waals surface area contributed by atoms with Gasteiger partial charge in [0.1, 0.15) is 0 Å². The van der Waals surface area contributed by atoms with Crippen LogP contribution in [0.5, 0.6) is 5.88 Å². The molecule has 0 aliphatic carbocycles. The fourth-order valence-corrected chi connectivity index (χ4v) is 3.94. The van der Waals surface area contributed by atoms with Crippen molar-refractivity contribution in [2.75, 3.05) is 13.7 Å². The number of hydrogen-bond acceptors (Lipinski definition) is 4. The molecule has 3 aromatic heterocycles. The smallest absolute Gasteiger partial charge is 0.222 e. The fourth-order valence-electron chi connectivity index (χ4n) is 3.94. The van der Waals surface area contributed by atoms with E-state index in [1.165, 1.54) is 0 Å². The third-order valence-electron chi connectivity index (χ3n) is 5.59. The molecule has 0 fully saturated rings. The van der Waals surface area contributed by atoms with Gasteiger partial charge in [0.2, 0.25) is 5.88 Å². The lowest BCUT2D eigenvalue weighted by Crippen LogP contribution is -2.12. The maximum Gasteiger partial charge on any atom is 0.222 e. The predicted octanol–water partition coefficient (Wildman–Crippen LogP) is 5.43. The number of rotatable bonds is 8. The van der Waals surface area contributed by atoms with E-state index in [1.807, 2.05) is 0 Å². The Morgan fingerprint density at radius 1 is 1.17 bits per heavy atom. The maximum atomic E-state index is 9.91. The van der Waals surface area contributed by atoms with E-state index in [1.54, 1.807) is 7.11 Å². The minimum absolute atomic E-state index is 0.0788. The van der Waals surface area contributed by atoms with E-state index < -0.39 is 0 Å². The molecule has 0 saturated heterocycles. The van der Waals surface area contributed by atoms with Crippen molar-refractivity contribution in [2.24, 2.45) is 0 Å². The average Bonchev–Trinajstić information content (AvgIpc) is 3.05. The highest BCUT2D eigenvalue weighted by Gasteiger charge is 2.20. The van der Waals surface area contributed by atoms with Crippen molar-refractivity contribution in [1.82, 2.24) is 14.5 Å². The van der Waals surface area contributed by atoms with E-state index in [2.05, 4.69) is 63.6 Å². The fraction of sp³-hybridized carbons (Fsp3) is 0.500. The van der Waals surface area contributed by atoms with Crippen LogP contribution in [-0.2, 0) is 6.42 Å². The summed E-state index contributed by atoms with van der Waals surface area (Å²) in [4.78, 5) is 9.79. The summed E-state index contributed by atoms with van der Waals surface area (Å²) in [6.45, 7) is 10.8. The number of aliphatic hydroxyl groups is 1. The molecular weight excluding hydrogens is 362 g/mol. The lowest BCUT2D eigenvalue weighted by atomic mass is 10.0. The highest BCUT2D eigenvalue weighted by molar-refractivity contribution is 5.85. The Balaban J connectivity index is 2.21. The molecule has 29 heavy (non-hydrogen) atoms. The molecule has 0 bridgehead atoms. The minimum Gasteiger partial charge on any atom is -0.480 e. The van der Waals surface area contributed by atoms with Gasteiger partial charge in [-0.05, 0) is 55.0 Å². The third-order valence-corrected chi connectivity index (χ3v) is 5.59. The van der Waals surface area contributed by atoms with Crippen LogP contribution in [0.3, 0.4) is 0 Å². The molecular formula is C24H33N3O2. The van der Waals surface area contributed by atoms with E-state index in [0.29, 0.717) is 11.8 Å². The summed E-state index contributed by atoms with van der Waals surface area (Å²) in [5, 5.41) is 9.91. The quantitative estimate of drug-likeness (QED) is 0.552. The molecule has 0 saturated carbocycles. The monoisotopic (exact) mass is 395 g/mol. The van der Waals surface area contributed by atoms with Crippen LogP contribution in [-0.4, -0.2) is 33.4 Å². The summed E-state index contributed by atoms with van der Waals surface area (Å²) in [5.41, 5.74) is 7.19. The molecule has 0 radical (unpaired) electrons. The standard InChI is InChI=1S/C24H33N3O2/c1-7-9-18(14-28)27-13-16(5)22-21(27)12-17(8-2)23(26-22)19-10-11-20(15(3)4)25-24(19)29-6/h10-13,15,18,28H,7-9,14H2,1-6H3/t18-/m1/s1. The second kappa shape index (κ2) is 8.95. The van der Waals surface area contributed by atoms with Crippen LogP contribution in [0.1, 0.15) is 69.3 Å². The molecule has 1 atom stereocenters. The number of aliphatic hydroxyl groups excluding tert-OH is 1. The Labute approximate surface area is 173 Å². The normalized spacial score (nSPS) is 12.7. The van der Waals surface area contributed by atoms with E-state index >= 15 is 0 Å². The highest BCUT2D eigenvalue weighted by atomic mass is 16.5. The highest BCUT2D eigenvalue weighted by Crippen LogP contribution is 2.35. The van der Waals surface area contributed by atoms with E-state index in [-0.39, 0.29) is 12.6 Å². The minimum atomic E-state index is 0.0788. The Morgan fingerprint density at radius 3 is 2.52 bits per heavy atom. The van der Waals surface area contributed by atoms with Gasteiger partial charge in [0.25, 0.3) is 0 Å². The first kappa shape index (κ1) is 21.3. The first-order chi connectivity index (χ1) is 13.9. The molecule has 3 aromatic rings. The average molecular weight is 396 g/mol. The SMILES string of the molecule is CCC[C@H](CO)n1cc(C)c2nc(-c3ccc(C(C)C)nc3OC)c(CC)cc21. The molecule has 0 aliphatic rings. The van der Waals surface area contributed by atoms with Gasteiger partial charge in [0.15, 0.2) is 0 Å². The summed E-state index contributed by atoms with van der Waals surface area (Å²) in [6, 6.07) is 6.44. The molecule has 0 unspecified atom stereocenters. The molecule has 3 rings (SSSR count). The van der Waals surface area contributed by atoms with Crippen LogP contribution in [0.2, 0.25) is 0 Å². The van der Waals surface area contributed by atoms with Crippen molar-refractivity contribution in [2.45, 2.75) is 65.8 Å². The Bertz CT molecular complexity index is 991. The Morgan fingerprint density at radius 2 is 1.93 bits per heavy atom. The van der Waals surface area contributed by atoms with Crippen molar-refractivity contribution in [1.29, 1.82) is 0 Å². The summed E-state index contributed by atoms with van der Waals surface area (Å²) < 4.78 is 7.83. The number of methoxy groups -OCH3 is 1. The molecule has 0 aliphatic heterocycles. The van der Waals surface area contributed by atoms with Gasteiger partial charge >= 0.3 is 0 Å². The van der Waals surface area contributed by atoms with Crippen LogP contribution in [0.25, 0.3) is 22.3 Å². The summed E-state index contributed by atoms with van der Waals surface area (Å²) in [5.74, 6) is 0.957. The summed E-state index contributed by atoms with van der Waals surface area (Å²) in [6.07, 6.45) is 4.95. The van der Waals surface area contributed by atoms with Crippen molar-refractivity contribution < 1.29 is 9.84 Å². The topological polar surface area (TPSA) is 60.2 Å². The maximum absolute atomic E-state index is 9.91. The second-order valence-corrected chi connectivity index (χ2v) is 8.01. The first-order valence-electron chi connectivity index (χ1n) is 10.6. The van der Waals surface area contributed by atoms with Crippen LogP contribution >= 0.6 is 0 Å². The molecule has 3 heterocycles. The van der Waals surface area contributed by atoms with Gasteiger partial charge < -0.3 is 14.4 Å². The zero-order chi connectivity index (χ0) is 21.1. The Hall–Kier alpha value is -2.40. The molecule has 5 heteroatoms. The number of nitrogens with zero attached hydrogens (tertiary/aromatic N) is 3. The molecule has 0 spiro atoms. The zero-order valence-electron chi connectivity index (χ0n) is 18.5. The van der Waals surface area contributed by atoms with Gasteiger partial charge in [0.05, 0.1) is 42.0 Å². The van der Waals surface area contributed by atoms with Gasteiger partial charge in [-0.2, -0.15) is 0 Å². The van der Waals surface area contributed by atoms with Crippen LogP contribution < -0.4 is 4.74 Å². The molecule has 0 aromatic carbocycles. The van der Waals surface area contributed by atoms with Gasteiger partial charge in [-0.3, -0.25) is 0 Å². The number of hydrogen-bond donors (Lipinski definition) is 1. The summed E-state index contributed by atoms with van der Waals surface area (Å²) in [7, 11) is 1.67.